The number of hydrogen-bond donors (Lipinski definition) is 1. The molecule has 2 nitrogen and oxygen atoms in total. The Hall–Kier alpha value is -0.410. The van der Waals surface area contributed by atoms with Gasteiger partial charge in [-0.2, -0.15) is 11.8 Å². The second kappa shape index (κ2) is 5.08. The van der Waals surface area contributed by atoms with Crippen LogP contribution in [0.5, 0.6) is 0 Å². The first kappa shape index (κ1) is 11.1. The standard InChI is InChI=1S/C12H19NOS/c1-9(2)15-8-12-6-5-11(14-12)7-13-10-3-4-10/h5-6,9-10,13H,3-4,7-8H2,1-2H3. The molecular formula is C12H19NOS. The minimum Gasteiger partial charge on any atom is -0.464 e. The van der Waals surface area contributed by atoms with Gasteiger partial charge in [0.05, 0.1) is 12.3 Å². The van der Waals surface area contributed by atoms with Gasteiger partial charge >= 0.3 is 0 Å². The van der Waals surface area contributed by atoms with E-state index in [-0.39, 0.29) is 0 Å². The van der Waals surface area contributed by atoms with Crippen molar-refractivity contribution in [2.75, 3.05) is 0 Å². The Morgan fingerprint density at radius 3 is 2.80 bits per heavy atom. The van der Waals surface area contributed by atoms with Gasteiger partial charge in [-0.1, -0.05) is 13.8 Å². The first-order chi connectivity index (χ1) is 7.24. The minimum atomic E-state index is 0.670. The average Bonchev–Trinajstić information content (AvgIpc) is 2.92. The zero-order chi connectivity index (χ0) is 10.7. The summed E-state index contributed by atoms with van der Waals surface area (Å²) in [5.74, 6) is 3.16. The quantitative estimate of drug-likeness (QED) is 0.805. The Bertz CT molecular complexity index is 284. The highest BCUT2D eigenvalue weighted by Gasteiger charge is 2.20. The largest absolute Gasteiger partial charge is 0.464 e. The van der Waals surface area contributed by atoms with E-state index in [9.17, 15) is 0 Å². The van der Waals surface area contributed by atoms with Crippen molar-refractivity contribution in [3.63, 3.8) is 0 Å². The van der Waals surface area contributed by atoms with Gasteiger partial charge in [0.2, 0.25) is 0 Å². The second-order valence-corrected chi connectivity index (χ2v) is 5.95. The first-order valence-electron chi connectivity index (χ1n) is 5.66. The van der Waals surface area contributed by atoms with Crippen LogP contribution >= 0.6 is 11.8 Å². The van der Waals surface area contributed by atoms with Crippen LogP contribution in [0.15, 0.2) is 16.5 Å². The van der Waals surface area contributed by atoms with Crippen molar-refractivity contribution in [2.45, 2.75) is 50.3 Å². The predicted molar refractivity (Wildman–Crippen MR) is 65.0 cm³/mol. The molecule has 0 saturated heterocycles. The van der Waals surface area contributed by atoms with Gasteiger partial charge in [0.1, 0.15) is 11.5 Å². The van der Waals surface area contributed by atoms with Crippen LogP contribution in [-0.2, 0) is 12.3 Å². The molecule has 0 radical (unpaired) electrons. The molecule has 84 valence electrons. The molecule has 1 N–H and O–H groups in total. The van der Waals surface area contributed by atoms with Crippen molar-refractivity contribution in [2.24, 2.45) is 0 Å². The van der Waals surface area contributed by atoms with Crippen molar-refractivity contribution in [3.05, 3.63) is 23.7 Å². The van der Waals surface area contributed by atoms with E-state index in [0.717, 1.165) is 29.9 Å². The van der Waals surface area contributed by atoms with E-state index in [4.69, 9.17) is 4.42 Å². The van der Waals surface area contributed by atoms with Crippen LogP contribution in [0.1, 0.15) is 38.2 Å². The third-order valence-electron chi connectivity index (χ3n) is 2.42. The van der Waals surface area contributed by atoms with Gasteiger partial charge in [-0.3, -0.25) is 0 Å². The molecule has 1 fully saturated rings. The van der Waals surface area contributed by atoms with Gasteiger partial charge in [-0.25, -0.2) is 0 Å². The molecule has 0 unspecified atom stereocenters. The lowest BCUT2D eigenvalue weighted by Gasteiger charge is -2.02. The summed E-state index contributed by atoms with van der Waals surface area (Å²) in [7, 11) is 0. The Kier molecular flexibility index (Phi) is 3.76. The van der Waals surface area contributed by atoms with Crippen molar-refractivity contribution in [1.29, 1.82) is 0 Å². The number of hydrogen-bond acceptors (Lipinski definition) is 3. The third-order valence-corrected chi connectivity index (χ3v) is 3.54. The minimum absolute atomic E-state index is 0.670. The Morgan fingerprint density at radius 1 is 1.40 bits per heavy atom. The molecule has 1 aliphatic carbocycles. The van der Waals surface area contributed by atoms with E-state index in [1.807, 2.05) is 11.8 Å². The van der Waals surface area contributed by atoms with Gasteiger partial charge in [0.25, 0.3) is 0 Å². The fraction of sp³-hybridized carbons (Fsp3) is 0.667. The van der Waals surface area contributed by atoms with Crippen molar-refractivity contribution < 1.29 is 4.42 Å². The van der Waals surface area contributed by atoms with Crippen LogP contribution in [0.4, 0.5) is 0 Å². The zero-order valence-corrected chi connectivity index (χ0v) is 10.3. The summed E-state index contributed by atoms with van der Waals surface area (Å²) in [4.78, 5) is 0. The van der Waals surface area contributed by atoms with E-state index in [0.29, 0.717) is 5.25 Å². The molecule has 0 bridgehead atoms. The van der Waals surface area contributed by atoms with Crippen LogP contribution in [-0.4, -0.2) is 11.3 Å². The Labute approximate surface area is 95.8 Å². The molecule has 2 rings (SSSR count). The van der Waals surface area contributed by atoms with Crippen molar-refractivity contribution in [1.82, 2.24) is 5.32 Å². The molecule has 1 heterocycles. The molecule has 15 heavy (non-hydrogen) atoms. The molecule has 0 atom stereocenters. The van der Waals surface area contributed by atoms with Gasteiger partial charge in [0, 0.05) is 6.04 Å². The Balaban J connectivity index is 1.75. The summed E-state index contributed by atoms with van der Waals surface area (Å²) in [5.41, 5.74) is 0. The topological polar surface area (TPSA) is 25.2 Å². The molecule has 1 aliphatic rings. The summed E-state index contributed by atoms with van der Waals surface area (Å²) in [6, 6.07) is 4.94. The molecule has 3 heteroatoms. The van der Waals surface area contributed by atoms with E-state index < -0.39 is 0 Å². The number of nitrogens with one attached hydrogen (secondary N) is 1. The molecule has 0 aromatic carbocycles. The fourth-order valence-corrected chi connectivity index (χ4v) is 2.03. The SMILES string of the molecule is CC(C)SCc1ccc(CNC2CC2)o1. The first-order valence-corrected chi connectivity index (χ1v) is 6.71. The zero-order valence-electron chi connectivity index (χ0n) is 9.45. The van der Waals surface area contributed by atoms with Crippen LogP contribution in [0, 0.1) is 0 Å². The summed E-state index contributed by atoms with van der Waals surface area (Å²) < 4.78 is 5.73. The lowest BCUT2D eigenvalue weighted by Crippen LogP contribution is -2.14. The Morgan fingerprint density at radius 2 is 2.13 bits per heavy atom. The van der Waals surface area contributed by atoms with Crippen molar-refractivity contribution in [3.8, 4) is 0 Å². The summed E-state index contributed by atoms with van der Waals surface area (Å²) in [6.45, 7) is 5.31. The maximum Gasteiger partial charge on any atom is 0.118 e. The highest BCUT2D eigenvalue weighted by Crippen LogP contribution is 2.21. The average molecular weight is 225 g/mol. The number of furan rings is 1. The lowest BCUT2D eigenvalue weighted by atomic mass is 10.4. The van der Waals surface area contributed by atoms with Crippen molar-refractivity contribution >= 4 is 11.8 Å². The summed E-state index contributed by atoms with van der Waals surface area (Å²) >= 11 is 1.92. The van der Waals surface area contributed by atoms with Crippen LogP contribution in [0.3, 0.4) is 0 Å². The van der Waals surface area contributed by atoms with E-state index in [1.54, 1.807) is 0 Å². The maximum absolute atomic E-state index is 5.73. The highest BCUT2D eigenvalue weighted by molar-refractivity contribution is 7.99. The smallest absolute Gasteiger partial charge is 0.118 e. The molecule has 0 spiro atoms. The summed E-state index contributed by atoms with van der Waals surface area (Å²) in [5, 5.41) is 4.12. The fourth-order valence-electron chi connectivity index (χ4n) is 1.38. The maximum atomic E-state index is 5.73. The van der Waals surface area contributed by atoms with Crippen LogP contribution in [0.25, 0.3) is 0 Å². The lowest BCUT2D eigenvalue weighted by molar-refractivity contribution is 0.458. The van der Waals surface area contributed by atoms with Gasteiger partial charge in [-0.05, 0) is 30.2 Å². The number of rotatable bonds is 6. The van der Waals surface area contributed by atoms with Gasteiger partial charge in [0.15, 0.2) is 0 Å². The monoisotopic (exact) mass is 225 g/mol. The van der Waals surface area contributed by atoms with E-state index in [2.05, 4.69) is 31.3 Å². The normalized spacial score (nSPS) is 16.2. The molecule has 1 aromatic rings. The summed E-state index contributed by atoms with van der Waals surface area (Å²) in [6.07, 6.45) is 2.66. The number of thioether (sulfide) groups is 1. The van der Waals surface area contributed by atoms with Gasteiger partial charge in [-0.15, -0.1) is 0 Å². The van der Waals surface area contributed by atoms with E-state index >= 15 is 0 Å². The second-order valence-electron chi connectivity index (χ2n) is 4.38. The highest BCUT2D eigenvalue weighted by atomic mass is 32.2. The van der Waals surface area contributed by atoms with Gasteiger partial charge < -0.3 is 9.73 Å². The molecule has 1 aromatic heterocycles. The third kappa shape index (κ3) is 3.92. The van der Waals surface area contributed by atoms with Crippen LogP contribution < -0.4 is 5.32 Å². The molecule has 1 saturated carbocycles. The molecular weight excluding hydrogens is 206 g/mol. The van der Waals surface area contributed by atoms with Crippen LogP contribution in [0.2, 0.25) is 0 Å². The molecule has 0 aliphatic heterocycles. The van der Waals surface area contributed by atoms with E-state index in [1.165, 1.54) is 12.8 Å². The predicted octanol–water partition coefficient (Wildman–Crippen LogP) is 3.17. The molecule has 0 amide bonds.